The van der Waals surface area contributed by atoms with Crippen molar-refractivity contribution in [2.24, 2.45) is 0 Å². The van der Waals surface area contributed by atoms with E-state index in [4.69, 9.17) is 10.5 Å². The fourth-order valence-corrected chi connectivity index (χ4v) is 3.24. The standard InChI is InChI=1S/C20H27N3O/c1-24-20-8-7-17(15-19(20)21)9-10-22-11-13-23(14-12-22)16-18-5-3-2-4-6-18/h2-8,15H,9-14,16,21H2,1H3. The first kappa shape index (κ1) is 16.8. The molecule has 0 atom stereocenters. The molecule has 4 heteroatoms. The molecule has 0 radical (unpaired) electrons. The van der Waals surface area contributed by atoms with Crippen molar-refractivity contribution < 1.29 is 4.74 Å². The maximum atomic E-state index is 5.99. The van der Waals surface area contributed by atoms with Crippen LogP contribution in [0.5, 0.6) is 5.75 Å². The van der Waals surface area contributed by atoms with Gasteiger partial charge in [-0.3, -0.25) is 4.90 Å². The average Bonchev–Trinajstić information content (AvgIpc) is 2.62. The van der Waals surface area contributed by atoms with Gasteiger partial charge in [0.05, 0.1) is 12.8 Å². The SMILES string of the molecule is COc1ccc(CCN2CCN(Cc3ccccc3)CC2)cc1N. The fraction of sp³-hybridized carbons (Fsp3) is 0.400. The Labute approximate surface area is 144 Å². The average molecular weight is 325 g/mol. The quantitative estimate of drug-likeness (QED) is 0.829. The number of nitrogens with two attached hydrogens (primary N) is 1. The van der Waals surface area contributed by atoms with Gasteiger partial charge < -0.3 is 15.4 Å². The molecule has 1 aliphatic rings. The second-order valence-electron chi connectivity index (χ2n) is 6.43. The summed E-state index contributed by atoms with van der Waals surface area (Å²) in [7, 11) is 1.65. The van der Waals surface area contributed by atoms with Crippen LogP contribution in [0, 0.1) is 0 Å². The van der Waals surface area contributed by atoms with Crippen LogP contribution in [0.3, 0.4) is 0 Å². The zero-order valence-corrected chi connectivity index (χ0v) is 14.4. The molecule has 3 rings (SSSR count). The number of hydrogen-bond acceptors (Lipinski definition) is 4. The topological polar surface area (TPSA) is 41.7 Å². The Balaban J connectivity index is 1.43. The number of ether oxygens (including phenoxy) is 1. The van der Waals surface area contributed by atoms with Gasteiger partial charge in [-0.2, -0.15) is 0 Å². The Morgan fingerprint density at radius 2 is 1.62 bits per heavy atom. The summed E-state index contributed by atoms with van der Waals surface area (Å²) < 4.78 is 5.21. The smallest absolute Gasteiger partial charge is 0.141 e. The molecule has 0 amide bonds. The predicted molar refractivity (Wildman–Crippen MR) is 99.3 cm³/mol. The molecule has 24 heavy (non-hydrogen) atoms. The van der Waals surface area contributed by atoms with E-state index >= 15 is 0 Å². The minimum atomic E-state index is 0.725. The molecular formula is C20H27N3O. The van der Waals surface area contributed by atoms with E-state index < -0.39 is 0 Å². The van der Waals surface area contributed by atoms with Crippen LogP contribution in [0.4, 0.5) is 5.69 Å². The molecule has 128 valence electrons. The molecule has 1 aliphatic heterocycles. The third kappa shape index (κ3) is 4.49. The molecule has 2 aromatic rings. The summed E-state index contributed by atoms with van der Waals surface area (Å²) in [5.41, 5.74) is 9.39. The van der Waals surface area contributed by atoms with E-state index in [0.717, 1.165) is 57.1 Å². The lowest BCUT2D eigenvalue weighted by molar-refractivity contribution is 0.128. The highest BCUT2D eigenvalue weighted by Crippen LogP contribution is 2.22. The minimum Gasteiger partial charge on any atom is -0.495 e. The molecule has 0 spiro atoms. The summed E-state index contributed by atoms with van der Waals surface area (Å²) in [5.74, 6) is 0.758. The van der Waals surface area contributed by atoms with E-state index in [0.29, 0.717) is 0 Å². The van der Waals surface area contributed by atoms with Crippen molar-refractivity contribution in [1.29, 1.82) is 0 Å². The highest BCUT2D eigenvalue weighted by atomic mass is 16.5. The maximum Gasteiger partial charge on any atom is 0.141 e. The van der Waals surface area contributed by atoms with Gasteiger partial charge in [0.25, 0.3) is 0 Å². The van der Waals surface area contributed by atoms with Crippen molar-refractivity contribution in [2.75, 3.05) is 45.6 Å². The van der Waals surface area contributed by atoms with Crippen LogP contribution in [-0.2, 0) is 13.0 Å². The molecule has 0 bridgehead atoms. The highest BCUT2D eigenvalue weighted by Gasteiger charge is 2.16. The Kier molecular flexibility index (Phi) is 5.72. The first-order chi connectivity index (χ1) is 11.7. The molecule has 0 aliphatic carbocycles. The first-order valence-corrected chi connectivity index (χ1v) is 8.65. The summed E-state index contributed by atoms with van der Waals surface area (Å²) in [4.78, 5) is 5.08. The van der Waals surface area contributed by atoms with E-state index in [1.54, 1.807) is 7.11 Å². The summed E-state index contributed by atoms with van der Waals surface area (Å²) in [5, 5.41) is 0. The van der Waals surface area contributed by atoms with Crippen molar-refractivity contribution in [3.8, 4) is 5.75 Å². The van der Waals surface area contributed by atoms with E-state index in [2.05, 4.69) is 46.2 Å². The number of hydrogen-bond donors (Lipinski definition) is 1. The fourth-order valence-electron chi connectivity index (χ4n) is 3.24. The van der Waals surface area contributed by atoms with Crippen LogP contribution in [0.25, 0.3) is 0 Å². The van der Waals surface area contributed by atoms with Crippen molar-refractivity contribution in [1.82, 2.24) is 9.80 Å². The van der Waals surface area contributed by atoms with E-state index in [1.807, 2.05) is 12.1 Å². The Bertz CT molecular complexity index is 637. The molecule has 0 aromatic heterocycles. The summed E-state index contributed by atoms with van der Waals surface area (Å²) >= 11 is 0. The third-order valence-corrected chi connectivity index (χ3v) is 4.72. The van der Waals surface area contributed by atoms with Gasteiger partial charge in [-0.1, -0.05) is 36.4 Å². The monoisotopic (exact) mass is 325 g/mol. The van der Waals surface area contributed by atoms with Crippen molar-refractivity contribution >= 4 is 5.69 Å². The lowest BCUT2D eigenvalue weighted by Gasteiger charge is -2.34. The number of piperazine rings is 1. The molecule has 4 nitrogen and oxygen atoms in total. The zero-order chi connectivity index (χ0) is 16.8. The van der Waals surface area contributed by atoms with Gasteiger partial charge in [-0.25, -0.2) is 0 Å². The van der Waals surface area contributed by atoms with Crippen LogP contribution < -0.4 is 10.5 Å². The second-order valence-corrected chi connectivity index (χ2v) is 6.43. The molecule has 0 unspecified atom stereocenters. The van der Waals surface area contributed by atoms with Gasteiger partial charge in [0.2, 0.25) is 0 Å². The molecule has 1 fully saturated rings. The lowest BCUT2D eigenvalue weighted by Crippen LogP contribution is -2.46. The van der Waals surface area contributed by atoms with Crippen LogP contribution in [0.2, 0.25) is 0 Å². The molecule has 2 N–H and O–H groups in total. The van der Waals surface area contributed by atoms with Crippen LogP contribution in [0.15, 0.2) is 48.5 Å². The summed E-state index contributed by atoms with van der Waals surface area (Å²) in [6.45, 7) is 6.70. The maximum absolute atomic E-state index is 5.99. The van der Waals surface area contributed by atoms with E-state index in [9.17, 15) is 0 Å². The third-order valence-electron chi connectivity index (χ3n) is 4.72. The van der Waals surface area contributed by atoms with E-state index in [1.165, 1.54) is 11.1 Å². The van der Waals surface area contributed by atoms with Gasteiger partial charge in [0.15, 0.2) is 0 Å². The lowest BCUT2D eigenvalue weighted by atomic mass is 10.1. The second kappa shape index (κ2) is 8.18. The molecule has 1 heterocycles. The number of rotatable bonds is 6. The van der Waals surface area contributed by atoms with Crippen LogP contribution in [-0.4, -0.2) is 49.6 Å². The summed E-state index contributed by atoms with van der Waals surface area (Å²) in [6.07, 6.45) is 1.03. The minimum absolute atomic E-state index is 0.725. The van der Waals surface area contributed by atoms with Crippen LogP contribution >= 0.6 is 0 Å². The molecule has 2 aromatic carbocycles. The van der Waals surface area contributed by atoms with Crippen molar-refractivity contribution in [2.45, 2.75) is 13.0 Å². The zero-order valence-electron chi connectivity index (χ0n) is 14.4. The number of anilines is 1. The first-order valence-electron chi connectivity index (χ1n) is 8.65. The van der Waals surface area contributed by atoms with Gasteiger partial charge >= 0.3 is 0 Å². The van der Waals surface area contributed by atoms with E-state index in [-0.39, 0.29) is 0 Å². The van der Waals surface area contributed by atoms with Crippen molar-refractivity contribution in [3.05, 3.63) is 59.7 Å². The summed E-state index contributed by atoms with van der Waals surface area (Å²) in [6, 6.07) is 16.8. The Hall–Kier alpha value is -2.04. The number of nitrogen functional groups attached to an aromatic ring is 1. The number of methoxy groups -OCH3 is 1. The van der Waals surface area contributed by atoms with Gasteiger partial charge in [-0.15, -0.1) is 0 Å². The van der Waals surface area contributed by atoms with Gasteiger partial charge in [0.1, 0.15) is 5.75 Å². The Morgan fingerprint density at radius 3 is 2.29 bits per heavy atom. The molecular weight excluding hydrogens is 298 g/mol. The predicted octanol–water partition coefficient (Wildman–Crippen LogP) is 2.64. The van der Waals surface area contributed by atoms with Gasteiger partial charge in [0, 0.05) is 39.3 Å². The number of nitrogens with zero attached hydrogens (tertiary/aromatic N) is 2. The Morgan fingerprint density at radius 1 is 0.917 bits per heavy atom. The van der Waals surface area contributed by atoms with Gasteiger partial charge in [-0.05, 0) is 29.7 Å². The molecule has 0 saturated carbocycles. The largest absolute Gasteiger partial charge is 0.495 e. The molecule has 1 saturated heterocycles. The normalized spacial score (nSPS) is 16.2. The highest BCUT2D eigenvalue weighted by molar-refractivity contribution is 5.54. The van der Waals surface area contributed by atoms with Crippen molar-refractivity contribution in [3.63, 3.8) is 0 Å². The van der Waals surface area contributed by atoms with Crippen LogP contribution in [0.1, 0.15) is 11.1 Å². The number of benzene rings is 2.